The summed E-state index contributed by atoms with van der Waals surface area (Å²) in [4.78, 5) is 2.05. The second kappa shape index (κ2) is 7.59. The van der Waals surface area contributed by atoms with Crippen LogP contribution in [0.3, 0.4) is 0 Å². The molecular formula is C16H20Cl2N4O2S2. The van der Waals surface area contributed by atoms with Gasteiger partial charge in [0.2, 0.25) is 0 Å². The summed E-state index contributed by atoms with van der Waals surface area (Å²) in [6.07, 6.45) is 0.598. The number of halogens is 2. The largest absolute Gasteiger partial charge is 0.307 e. The van der Waals surface area contributed by atoms with E-state index < -0.39 is 9.84 Å². The summed E-state index contributed by atoms with van der Waals surface area (Å²) in [5, 5.41) is 5.65. The molecular weight excluding hydrogens is 415 g/mol. The third-order valence-electron chi connectivity index (χ3n) is 4.48. The fourth-order valence-electron chi connectivity index (χ4n) is 3.18. The van der Waals surface area contributed by atoms with E-state index in [1.165, 1.54) is 0 Å². The van der Waals surface area contributed by atoms with Crippen LogP contribution in [-0.2, 0) is 30.1 Å². The van der Waals surface area contributed by atoms with Crippen molar-refractivity contribution in [1.29, 1.82) is 0 Å². The maximum atomic E-state index is 11.8. The lowest BCUT2D eigenvalue weighted by atomic mass is 10.1. The van der Waals surface area contributed by atoms with Gasteiger partial charge in [-0.25, -0.2) is 13.1 Å². The van der Waals surface area contributed by atoms with Crippen LogP contribution in [0.4, 0.5) is 0 Å². The minimum absolute atomic E-state index is 0.0895. The lowest BCUT2D eigenvalue weighted by molar-refractivity contribution is 0.243. The molecule has 6 nitrogen and oxygen atoms in total. The Bertz CT molecular complexity index is 985. The van der Waals surface area contributed by atoms with Crippen molar-refractivity contribution >= 4 is 45.3 Å². The second-order valence-corrected chi connectivity index (χ2v) is 10.1. The number of rotatable bonds is 5. The number of sulfone groups is 1. The molecule has 1 saturated heterocycles. The molecule has 1 fully saturated rings. The molecule has 0 N–H and O–H groups in total. The molecule has 0 saturated carbocycles. The van der Waals surface area contributed by atoms with Gasteiger partial charge in [-0.2, -0.15) is 5.10 Å². The second-order valence-electron chi connectivity index (χ2n) is 6.70. The van der Waals surface area contributed by atoms with E-state index in [4.69, 9.17) is 35.4 Å². The first-order chi connectivity index (χ1) is 12.2. The van der Waals surface area contributed by atoms with Crippen LogP contribution < -0.4 is 0 Å². The fraction of sp³-hybridized carbons (Fsp3) is 0.500. The SMILES string of the molecule is CN(Cc1ccc(Cl)c(Cl)c1)Cn1nc(C2CCS(=O)(=O)C2)n(C)c1=S. The van der Waals surface area contributed by atoms with Gasteiger partial charge in [-0.3, -0.25) is 4.90 Å². The van der Waals surface area contributed by atoms with E-state index in [9.17, 15) is 8.42 Å². The van der Waals surface area contributed by atoms with Crippen LogP contribution in [0.25, 0.3) is 0 Å². The summed E-state index contributed by atoms with van der Waals surface area (Å²) in [6.45, 7) is 1.15. The van der Waals surface area contributed by atoms with Crippen LogP contribution in [0, 0.1) is 4.77 Å². The molecule has 26 heavy (non-hydrogen) atoms. The molecule has 2 aromatic rings. The summed E-state index contributed by atoms with van der Waals surface area (Å²) < 4.78 is 27.6. The maximum absolute atomic E-state index is 11.8. The van der Waals surface area contributed by atoms with Crippen LogP contribution in [0.5, 0.6) is 0 Å². The van der Waals surface area contributed by atoms with Crippen molar-refractivity contribution in [2.45, 2.75) is 25.6 Å². The Morgan fingerprint density at radius 2 is 2.08 bits per heavy atom. The predicted molar refractivity (Wildman–Crippen MR) is 106 cm³/mol. The highest BCUT2D eigenvalue weighted by molar-refractivity contribution is 7.91. The van der Waals surface area contributed by atoms with Crippen molar-refractivity contribution in [2.75, 3.05) is 18.6 Å². The minimum atomic E-state index is -2.97. The summed E-state index contributed by atoms with van der Waals surface area (Å²) in [5.74, 6) is 1.01. The highest BCUT2D eigenvalue weighted by Gasteiger charge is 2.32. The van der Waals surface area contributed by atoms with Gasteiger partial charge in [0.25, 0.3) is 0 Å². The Hall–Kier alpha value is -0.930. The average Bonchev–Trinajstić information content (AvgIpc) is 3.05. The molecule has 1 aliphatic rings. The third kappa shape index (κ3) is 4.31. The van der Waals surface area contributed by atoms with E-state index in [2.05, 4.69) is 10.00 Å². The van der Waals surface area contributed by atoms with Crippen molar-refractivity contribution in [3.05, 3.63) is 44.4 Å². The summed E-state index contributed by atoms with van der Waals surface area (Å²) in [7, 11) is 0.830. The molecule has 1 aliphatic heterocycles. The van der Waals surface area contributed by atoms with Gasteiger partial charge in [-0.1, -0.05) is 29.3 Å². The summed E-state index contributed by atoms with van der Waals surface area (Å²) in [5.41, 5.74) is 1.03. The zero-order valence-electron chi connectivity index (χ0n) is 14.5. The standard InChI is InChI=1S/C16H20Cl2N4O2S2/c1-20(8-11-3-4-13(17)14(18)7-11)10-22-16(25)21(2)15(19-22)12-5-6-26(23,24)9-12/h3-4,7,12H,5-6,8-10H2,1-2H3. The van der Waals surface area contributed by atoms with E-state index in [1.807, 2.05) is 30.8 Å². The molecule has 0 aliphatic carbocycles. The molecule has 0 bridgehead atoms. The van der Waals surface area contributed by atoms with Crippen molar-refractivity contribution in [3.63, 3.8) is 0 Å². The predicted octanol–water partition coefficient (Wildman–Crippen LogP) is 3.25. The van der Waals surface area contributed by atoms with Gasteiger partial charge >= 0.3 is 0 Å². The van der Waals surface area contributed by atoms with Gasteiger partial charge in [0.15, 0.2) is 14.6 Å². The van der Waals surface area contributed by atoms with Gasteiger partial charge in [0.1, 0.15) is 5.82 Å². The van der Waals surface area contributed by atoms with E-state index >= 15 is 0 Å². The van der Waals surface area contributed by atoms with Gasteiger partial charge in [0.05, 0.1) is 28.2 Å². The van der Waals surface area contributed by atoms with Crippen molar-refractivity contribution in [2.24, 2.45) is 7.05 Å². The van der Waals surface area contributed by atoms with Crippen LogP contribution >= 0.6 is 35.4 Å². The number of nitrogens with zero attached hydrogens (tertiary/aromatic N) is 4. The lowest BCUT2D eigenvalue weighted by Crippen LogP contribution is -2.22. The Morgan fingerprint density at radius 3 is 2.69 bits per heavy atom. The monoisotopic (exact) mass is 434 g/mol. The van der Waals surface area contributed by atoms with Crippen molar-refractivity contribution in [3.8, 4) is 0 Å². The number of aromatic nitrogens is 3. The lowest BCUT2D eigenvalue weighted by Gasteiger charge is -2.16. The van der Waals surface area contributed by atoms with Crippen LogP contribution in [0.2, 0.25) is 10.0 Å². The Morgan fingerprint density at radius 1 is 1.35 bits per heavy atom. The number of hydrogen-bond donors (Lipinski definition) is 0. The highest BCUT2D eigenvalue weighted by atomic mass is 35.5. The van der Waals surface area contributed by atoms with Gasteiger partial charge in [-0.05, 0) is 43.4 Å². The molecule has 1 aromatic carbocycles. The molecule has 10 heteroatoms. The molecule has 1 unspecified atom stereocenters. The van der Waals surface area contributed by atoms with Crippen molar-refractivity contribution < 1.29 is 8.42 Å². The third-order valence-corrected chi connectivity index (χ3v) is 7.48. The average molecular weight is 435 g/mol. The van der Waals surface area contributed by atoms with Crippen LogP contribution in [-0.4, -0.2) is 46.2 Å². The zero-order valence-corrected chi connectivity index (χ0v) is 17.7. The van der Waals surface area contributed by atoms with E-state index in [-0.39, 0.29) is 17.4 Å². The molecule has 0 radical (unpaired) electrons. The van der Waals surface area contributed by atoms with Gasteiger partial charge in [-0.15, -0.1) is 0 Å². The number of benzene rings is 1. The summed E-state index contributed by atoms with van der Waals surface area (Å²) in [6, 6.07) is 5.54. The van der Waals surface area contributed by atoms with E-state index in [0.717, 1.165) is 11.4 Å². The van der Waals surface area contributed by atoms with Gasteiger partial charge in [0, 0.05) is 19.5 Å². The molecule has 1 atom stereocenters. The first-order valence-electron chi connectivity index (χ1n) is 8.13. The fourth-order valence-corrected chi connectivity index (χ4v) is 5.43. The maximum Gasteiger partial charge on any atom is 0.198 e. The molecule has 0 spiro atoms. The van der Waals surface area contributed by atoms with Crippen LogP contribution in [0.15, 0.2) is 18.2 Å². The van der Waals surface area contributed by atoms with Crippen molar-refractivity contribution in [1.82, 2.24) is 19.2 Å². The highest BCUT2D eigenvalue weighted by Crippen LogP contribution is 2.28. The molecule has 1 aromatic heterocycles. The minimum Gasteiger partial charge on any atom is -0.307 e. The molecule has 142 valence electrons. The zero-order chi connectivity index (χ0) is 19.1. The topological polar surface area (TPSA) is 60.1 Å². The first-order valence-corrected chi connectivity index (χ1v) is 11.1. The normalized spacial score (nSPS) is 19.3. The molecule has 0 amide bonds. The molecule has 2 heterocycles. The van der Waals surface area contributed by atoms with E-state index in [0.29, 0.717) is 34.5 Å². The first kappa shape index (κ1) is 19.8. The van der Waals surface area contributed by atoms with E-state index in [1.54, 1.807) is 10.7 Å². The smallest absolute Gasteiger partial charge is 0.198 e. The van der Waals surface area contributed by atoms with Crippen LogP contribution in [0.1, 0.15) is 23.7 Å². The molecule has 3 rings (SSSR count). The number of hydrogen-bond acceptors (Lipinski definition) is 5. The Balaban J connectivity index is 1.74. The Labute approximate surface area is 168 Å². The Kier molecular flexibility index (Phi) is 5.79. The quantitative estimate of drug-likeness (QED) is 0.675. The summed E-state index contributed by atoms with van der Waals surface area (Å²) >= 11 is 17.5. The van der Waals surface area contributed by atoms with Gasteiger partial charge < -0.3 is 4.57 Å².